The monoisotopic (exact) mass is 574 g/mol. The van der Waals surface area contributed by atoms with Crippen LogP contribution < -0.4 is 15.4 Å². The molecule has 0 fully saturated rings. The van der Waals surface area contributed by atoms with Crippen molar-refractivity contribution in [3.8, 4) is 5.75 Å². The van der Waals surface area contributed by atoms with Crippen molar-refractivity contribution < 1.29 is 14.3 Å². The summed E-state index contributed by atoms with van der Waals surface area (Å²) < 4.78 is 7.45. The molecule has 32 heavy (non-hydrogen) atoms. The number of anilines is 1. The first-order valence-corrected chi connectivity index (χ1v) is 12.8. The van der Waals surface area contributed by atoms with Gasteiger partial charge >= 0.3 is 5.97 Å². The molecule has 1 aromatic heterocycles. The van der Waals surface area contributed by atoms with E-state index >= 15 is 0 Å². The standard InChI is InChI=1S/C24H20Br2N2O3S/c1-12-2-8-16-19(10-12)32-23-20(16)22(29)27-21(28-23)17-11-15(26)7-9-18(17)31-24(30)13-3-5-14(25)6-4-13/h3-7,9,11-12,21,28H,2,8,10H2,1H3,(H,27,29). The second-order valence-electron chi connectivity index (χ2n) is 8.19. The Morgan fingerprint density at radius 1 is 1.09 bits per heavy atom. The molecule has 0 spiro atoms. The van der Waals surface area contributed by atoms with Gasteiger partial charge < -0.3 is 15.4 Å². The third-order valence-electron chi connectivity index (χ3n) is 5.86. The molecule has 2 unspecified atom stereocenters. The smallest absolute Gasteiger partial charge is 0.343 e. The minimum Gasteiger partial charge on any atom is -0.422 e. The van der Waals surface area contributed by atoms with Crippen LogP contribution in [0.2, 0.25) is 0 Å². The number of hydrogen-bond donors (Lipinski definition) is 2. The minimum absolute atomic E-state index is 0.0824. The van der Waals surface area contributed by atoms with Crippen molar-refractivity contribution in [1.82, 2.24) is 5.32 Å². The molecule has 0 saturated heterocycles. The largest absolute Gasteiger partial charge is 0.422 e. The molecule has 2 aromatic carbocycles. The number of hydrogen-bond acceptors (Lipinski definition) is 5. The van der Waals surface area contributed by atoms with Crippen molar-refractivity contribution in [3.05, 3.63) is 78.5 Å². The number of ether oxygens (including phenoxy) is 1. The third kappa shape index (κ3) is 4.11. The van der Waals surface area contributed by atoms with Crippen LogP contribution in [0.25, 0.3) is 0 Å². The number of thiophene rings is 1. The van der Waals surface area contributed by atoms with Crippen molar-refractivity contribution in [2.75, 3.05) is 5.32 Å². The fourth-order valence-electron chi connectivity index (χ4n) is 4.20. The topological polar surface area (TPSA) is 67.4 Å². The molecular weight excluding hydrogens is 556 g/mol. The summed E-state index contributed by atoms with van der Waals surface area (Å²) >= 11 is 8.54. The first-order valence-electron chi connectivity index (χ1n) is 10.4. The van der Waals surface area contributed by atoms with Gasteiger partial charge in [0.1, 0.15) is 16.9 Å². The SMILES string of the molecule is CC1CCc2c(sc3c2C(=O)NC(c2cc(Br)ccc2OC(=O)c2ccc(Br)cc2)N3)C1. The van der Waals surface area contributed by atoms with Crippen LogP contribution in [0.3, 0.4) is 0 Å². The predicted molar refractivity (Wildman–Crippen MR) is 133 cm³/mol. The third-order valence-corrected chi connectivity index (χ3v) is 8.06. The summed E-state index contributed by atoms with van der Waals surface area (Å²) in [6, 6.07) is 12.4. The van der Waals surface area contributed by atoms with Crippen LogP contribution in [0.15, 0.2) is 51.4 Å². The van der Waals surface area contributed by atoms with E-state index in [1.165, 1.54) is 10.4 Å². The summed E-state index contributed by atoms with van der Waals surface area (Å²) in [6.45, 7) is 2.26. The fourth-order valence-corrected chi connectivity index (χ4v) is 6.28. The Balaban J connectivity index is 1.45. The van der Waals surface area contributed by atoms with E-state index in [9.17, 15) is 9.59 Å². The average Bonchev–Trinajstić information content (AvgIpc) is 3.13. The van der Waals surface area contributed by atoms with Gasteiger partial charge in [-0.05, 0) is 73.2 Å². The van der Waals surface area contributed by atoms with Gasteiger partial charge in [-0.2, -0.15) is 0 Å². The lowest BCUT2D eigenvalue weighted by Gasteiger charge is -2.28. The van der Waals surface area contributed by atoms with Crippen LogP contribution in [-0.4, -0.2) is 11.9 Å². The lowest BCUT2D eigenvalue weighted by Crippen LogP contribution is -2.38. The van der Waals surface area contributed by atoms with Crippen molar-refractivity contribution in [2.24, 2.45) is 5.92 Å². The Morgan fingerprint density at radius 2 is 1.84 bits per heavy atom. The maximum atomic E-state index is 13.1. The Hall–Kier alpha value is -2.16. The molecule has 5 rings (SSSR count). The zero-order valence-corrected chi connectivity index (χ0v) is 21.2. The molecule has 2 N–H and O–H groups in total. The number of nitrogens with one attached hydrogen (secondary N) is 2. The van der Waals surface area contributed by atoms with Gasteiger partial charge in [-0.15, -0.1) is 11.3 Å². The number of carbonyl (C=O) groups is 2. The summed E-state index contributed by atoms with van der Waals surface area (Å²) in [7, 11) is 0. The quantitative estimate of drug-likeness (QED) is 0.277. The molecule has 3 aromatic rings. The zero-order valence-electron chi connectivity index (χ0n) is 17.2. The molecule has 5 nitrogen and oxygen atoms in total. The molecule has 0 saturated carbocycles. The molecule has 0 bridgehead atoms. The normalized spacial score (nSPS) is 19.4. The lowest BCUT2D eigenvalue weighted by atomic mass is 9.88. The van der Waals surface area contributed by atoms with Crippen LogP contribution in [0.5, 0.6) is 5.75 Å². The van der Waals surface area contributed by atoms with Gasteiger partial charge in [0.15, 0.2) is 0 Å². The van der Waals surface area contributed by atoms with Gasteiger partial charge in [0, 0.05) is 19.4 Å². The maximum absolute atomic E-state index is 13.1. The van der Waals surface area contributed by atoms with Gasteiger partial charge in [0.05, 0.1) is 11.1 Å². The van der Waals surface area contributed by atoms with E-state index in [4.69, 9.17) is 4.74 Å². The number of carbonyl (C=O) groups excluding carboxylic acids is 2. The number of amides is 1. The van der Waals surface area contributed by atoms with E-state index in [1.807, 2.05) is 12.1 Å². The van der Waals surface area contributed by atoms with E-state index in [2.05, 4.69) is 49.4 Å². The second-order valence-corrected chi connectivity index (χ2v) is 11.1. The van der Waals surface area contributed by atoms with Gasteiger partial charge in [-0.3, -0.25) is 4.79 Å². The Kier molecular flexibility index (Phi) is 5.86. The number of rotatable bonds is 3. The Morgan fingerprint density at radius 3 is 2.62 bits per heavy atom. The molecular formula is C24H20Br2N2O3S. The molecule has 1 aliphatic heterocycles. The molecule has 8 heteroatoms. The van der Waals surface area contributed by atoms with Crippen molar-refractivity contribution in [1.29, 1.82) is 0 Å². The van der Waals surface area contributed by atoms with Crippen LogP contribution in [0.4, 0.5) is 5.00 Å². The number of esters is 1. The molecule has 2 heterocycles. The van der Waals surface area contributed by atoms with E-state index in [0.717, 1.165) is 38.8 Å². The van der Waals surface area contributed by atoms with Crippen molar-refractivity contribution >= 4 is 60.1 Å². The predicted octanol–water partition coefficient (Wildman–Crippen LogP) is 6.47. The zero-order chi connectivity index (χ0) is 22.4. The maximum Gasteiger partial charge on any atom is 0.343 e. The van der Waals surface area contributed by atoms with Crippen LogP contribution in [0.1, 0.15) is 56.2 Å². The number of halogens is 2. The summed E-state index contributed by atoms with van der Waals surface area (Å²) in [5.74, 6) is 0.499. The highest BCUT2D eigenvalue weighted by Gasteiger charge is 2.34. The van der Waals surface area contributed by atoms with Gasteiger partial charge in [-0.25, -0.2) is 4.79 Å². The highest BCUT2D eigenvalue weighted by atomic mass is 79.9. The number of fused-ring (bicyclic) bond motifs is 3. The second kappa shape index (κ2) is 8.65. The van der Waals surface area contributed by atoms with Gasteiger partial charge in [-0.1, -0.05) is 38.8 Å². The summed E-state index contributed by atoms with van der Waals surface area (Å²) in [5.41, 5.74) is 3.09. The minimum atomic E-state index is -0.502. The number of benzene rings is 2. The molecule has 2 atom stereocenters. The lowest BCUT2D eigenvalue weighted by molar-refractivity contribution is 0.0732. The van der Waals surface area contributed by atoms with E-state index in [-0.39, 0.29) is 5.91 Å². The molecule has 1 amide bonds. The van der Waals surface area contributed by atoms with E-state index in [1.54, 1.807) is 41.7 Å². The average molecular weight is 576 g/mol. The summed E-state index contributed by atoms with van der Waals surface area (Å²) in [4.78, 5) is 27.1. The van der Waals surface area contributed by atoms with E-state index in [0.29, 0.717) is 22.8 Å². The molecule has 0 radical (unpaired) electrons. The highest BCUT2D eigenvalue weighted by molar-refractivity contribution is 9.10. The molecule has 1 aliphatic carbocycles. The van der Waals surface area contributed by atoms with Gasteiger partial charge in [0.25, 0.3) is 5.91 Å². The first-order chi connectivity index (χ1) is 15.4. The fraction of sp³-hybridized carbons (Fsp3) is 0.250. The van der Waals surface area contributed by atoms with Crippen LogP contribution in [-0.2, 0) is 12.8 Å². The Labute approximate surface area is 206 Å². The Bertz CT molecular complexity index is 1220. The summed E-state index contributed by atoms with van der Waals surface area (Å²) in [5, 5.41) is 7.43. The first kappa shape index (κ1) is 21.7. The van der Waals surface area contributed by atoms with Crippen LogP contribution in [0, 0.1) is 5.92 Å². The van der Waals surface area contributed by atoms with Crippen molar-refractivity contribution in [3.63, 3.8) is 0 Å². The van der Waals surface area contributed by atoms with E-state index < -0.39 is 12.1 Å². The van der Waals surface area contributed by atoms with Crippen molar-refractivity contribution in [2.45, 2.75) is 32.4 Å². The van der Waals surface area contributed by atoms with Crippen LogP contribution >= 0.6 is 43.2 Å². The highest BCUT2D eigenvalue weighted by Crippen LogP contribution is 2.43. The molecule has 2 aliphatic rings. The molecule has 164 valence electrons. The van der Waals surface area contributed by atoms with Gasteiger partial charge in [0.2, 0.25) is 0 Å². The summed E-state index contributed by atoms with van der Waals surface area (Å²) in [6.07, 6.45) is 2.56.